The molecule has 0 radical (unpaired) electrons. The first-order valence-corrected chi connectivity index (χ1v) is 6.82. The maximum atomic E-state index is 5.73. The van der Waals surface area contributed by atoms with Crippen LogP contribution in [-0.4, -0.2) is 30.7 Å². The molecule has 2 N–H and O–H groups in total. The summed E-state index contributed by atoms with van der Waals surface area (Å²) in [5, 5.41) is 0. The van der Waals surface area contributed by atoms with E-state index in [1.165, 1.54) is 0 Å². The number of rotatable bonds is 8. The second kappa shape index (κ2) is 7.93. The Morgan fingerprint density at radius 3 is 2.61 bits per heavy atom. The Morgan fingerprint density at radius 2 is 2.06 bits per heavy atom. The van der Waals surface area contributed by atoms with Gasteiger partial charge in [0.2, 0.25) is 0 Å². The van der Waals surface area contributed by atoms with E-state index < -0.39 is 0 Å². The lowest BCUT2D eigenvalue weighted by Gasteiger charge is -2.32. The molecule has 0 aromatic carbocycles. The summed E-state index contributed by atoms with van der Waals surface area (Å²) in [6.45, 7) is 8.46. The number of aromatic nitrogens is 1. The van der Waals surface area contributed by atoms with Crippen molar-refractivity contribution in [2.75, 3.05) is 24.6 Å². The minimum absolute atomic E-state index is 0.461. The molecule has 1 heterocycles. The monoisotopic (exact) mass is 251 g/mol. The summed E-state index contributed by atoms with van der Waals surface area (Å²) in [5.74, 6) is 1.76. The van der Waals surface area contributed by atoms with Gasteiger partial charge in [0.15, 0.2) is 11.6 Å². The maximum Gasteiger partial charge on any atom is 0.171 e. The van der Waals surface area contributed by atoms with Crippen LogP contribution >= 0.6 is 0 Å². The highest BCUT2D eigenvalue weighted by Crippen LogP contribution is 2.28. The van der Waals surface area contributed by atoms with E-state index in [1.54, 1.807) is 0 Å². The van der Waals surface area contributed by atoms with Gasteiger partial charge in [-0.3, -0.25) is 0 Å². The Balaban J connectivity index is 3.03. The van der Waals surface area contributed by atoms with Gasteiger partial charge < -0.3 is 15.4 Å². The molecular formula is C14H25N3O. The molecule has 0 aliphatic rings. The fourth-order valence-electron chi connectivity index (χ4n) is 2.20. The third-order valence-electron chi connectivity index (χ3n) is 3.08. The summed E-state index contributed by atoms with van der Waals surface area (Å²) >= 11 is 0. The molecule has 1 aromatic heterocycles. The summed E-state index contributed by atoms with van der Waals surface area (Å²) in [5.41, 5.74) is 5.73. The second-order valence-corrected chi connectivity index (χ2v) is 4.21. The van der Waals surface area contributed by atoms with Gasteiger partial charge in [-0.1, -0.05) is 13.8 Å². The van der Waals surface area contributed by atoms with Crippen molar-refractivity contribution >= 4 is 5.82 Å². The van der Waals surface area contributed by atoms with Crippen LogP contribution in [0.5, 0.6) is 5.75 Å². The highest BCUT2D eigenvalue weighted by atomic mass is 16.5. The van der Waals surface area contributed by atoms with Crippen LogP contribution in [0, 0.1) is 0 Å². The number of nitrogens with zero attached hydrogens (tertiary/aromatic N) is 2. The quantitative estimate of drug-likeness (QED) is 0.771. The molecule has 0 atom stereocenters. The average molecular weight is 251 g/mol. The number of hydrogen-bond donors (Lipinski definition) is 1. The average Bonchev–Trinajstić information content (AvgIpc) is 2.40. The van der Waals surface area contributed by atoms with Gasteiger partial charge in [0.25, 0.3) is 0 Å². The first-order valence-electron chi connectivity index (χ1n) is 6.82. The topological polar surface area (TPSA) is 51.4 Å². The van der Waals surface area contributed by atoms with Crippen molar-refractivity contribution in [1.29, 1.82) is 0 Å². The number of pyridine rings is 1. The first kappa shape index (κ1) is 14.8. The third kappa shape index (κ3) is 3.60. The molecule has 0 amide bonds. The molecule has 0 saturated heterocycles. The molecule has 18 heavy (non-hydrogen) atoms. The fraction of sp³-hybridized carbons (Fsp3) is 0.643. The van der Waals surface area contributed by atoms with Crippen LogP contribution in [0.25, 0.3) is 0 Å². The fourth-order valence-corrected chi connectivity index (χ4v) is 2.20. The van der Waals surface area contributed by atoms with Crippen LogP contribution in [0.4, 0.5) is 5.82 Å². The van der Waals surface area contributed by atoms with Crippen LogP contribution in [0.2, 0.25) is 0 Å². The first-order chi connectivity index (χ1) is 8.78. The van der Waals surface area contributed by atoms with Crippen molar-refractivity contribution in [2.24, 2.45) is 5.73 Å². The van der Waals surface area contributed by atoms with E-state index in [1.807, 2.05) is 25.3 Å². The highest BCUT2D eigenvalue weighted by Gasteiger charge is 2.19. The maximum absolute atomic E-state index is 5.73. The van der Waals surface area contributed by atoms with Gasteiger partial charge >= 0.3 is 0 Å². The molecule has 0 aliphatic carbocycles. The summed E-state index contributed by atoms with van der Waals surface area (Å²) in [7, 11) is 0. The summed E-state index contributed by atoms with van der Waals surface area (Å²) in [6, 6.07) is 4.34. The number of hydrogen-bond acceptors (Lipinski definition) is 4. The summed E-state index contributed by atoms with van der Waals surface area (Å²) in [6.07, 6.45) is 3.97. The van der Waals surface area contributed by atoms with E-state index in [-0.39, 0.29) is 0 Å². The Morgan fingerprint density at radius 1 is 1.33 bits per heavy atom. The Labute approximate surface area is 110 Å². The van der Waals surface area contributed by atoms with Crippen molar-refractivity contribution in [1.82, 2.24) is 4.98 Å². The van der Waals surface area contributed by atoms with E-state index in [0.717, 1.165) is 31.0 Å². The molecular weight excluding hydrogens is 226 g/mol. The molecule has 1 rings (SSSR count). The van der Waals surface area contributed by atoms with Crippen LogP contribution in [0.1, 0.15) is 33.6 Å². The normalized spacial score (nSPS) is 10.7. The Kier molecular flexibility index (Phi) is 6.50. The zero-order valence-electron chi connectivity index (χ0n) is 11.7. The number of nitrogens with two attached hydrogens (primary N) is 1. The molecule has 4 heteroatoms. The molecule has 0 saturated carbocycles. The summed E-state index contributed by atoms with van der Waals surface area (Å²) < 4.78 is 5.66. The molecule has 1 aromatic rings. The van der Waals surface area contributed by atoms with Gasteiger partial charge in [-0.2, -0.15) is 0 Å². The smallest absolute Gasteiger partial charge is 0.171 e. The second-order valence-electron chi connectivity index (χ2n) is 4.21. The van der Waals surface area contributed by atoms with Crippen LogP contribution in [0.3, 0.4) is 0 Å². The zero-order chi connectivity index (χ0) is 13.4. The summed E-state index contributed by atoms with van der Waals surface area (Å²) in [4.78, 5) is 6.75. The molecule has 0 fully saturated rings. The molecule has 4 nitrogen and oxygen atoms in total. The van der Waals surface area contributed by atoms with E-state index >= 15 is 0 Å². The molecule has 0 spiro atoms. The van der Waals surface area contributed by atoms with Gasteiger partial charge in [0.1, 0.15) is 0 Å². The van der Waals surface area contributed by atoms with Crippen LogP contribution in [-0.2, 0) is 0 Å². The van der Waals surface area contributed by atoms with E-state index in [9.17, 15) is 0 Å². The van der Waals surface area contributed by atoms with Crippen molar-refractivity contribution < 1.29 is 4.74 Å². The highest BCUT2D eigenvalue weighted by molar-refractivity contribution is 5.52. The molecule has 0 aliphatic heterocycles. The van der Waals surface area contributed by atoms with E-state index in [2.05, 4.69) is 23.7 Å². The van der Waals surface area contributed by atoms with Crippen molar-refractivity contribution in [3.63, 3.8) is 0 Å². The lowest BCUT2D eigenvalue weighted by molar-refractivity contribution is 0.337. The molecule has 102 valence electrons. The third-order valence-corrected chi connectivity index (χ3v) is 3.08. The number of ether oxygens (including phenoxy) is 1. The zero-order valence-corrected chi connectivity index (χ0v) is 11.7. The van der Waals surface area contributed by atoms with Crippen LogP contribution in [0.15, 0.2) is 18.3 Å². The molecule has 0 unspecified atom stereocenters. The number of anilines is 1. The van der Waals surface area contributed by atoms with Gasteiger partial charge in [-0.25, -0.2) is 4.98 Å². The van der Waals surface area contributed by atoms with Gasteiger partial charge in [-0.05, 0) is 31.9 Å². The van der Waals surface area contributed by atoms with Gasteiger partial charge in [-0.15, -0.1) is 0 Å². The predicted octanol–water partition coefficient (Wildman–Crippen LogP) is 2.43. The van der Waals surface area contributed by atoms with E-state index in [0.29, 0.717) is 19.2 Å². The lowest BCUT2D eigenvalue weighted by Crippen LogP contribution is -2.39. The largest absolute Gasteiger partial charge is 0.490 e. The van der Waals surface area contributed by atoms with Crippen molar-refractivity contribution in [2.45, 2.75) is 39.7 Å². The SMILES string of the molecule is CCOc1cccnc1N(CCN)C(CC)CC. The Bertz CT molecular complexity index is 340. The minimum atomic E-state index is 0.461. The standard InChI is InChI=1S/C14H25N3O/c1-4-12(5-2)17(11-9-15)14-13(18-6-3)8-7-10-16-14/h7-8,10,12H,4-6,9,11,15H2,1-3H3. The molecule has 0 bridgehead atoms. The van der Waals surface area contributed by atoms with Crippen molar-refractivity contribution in [3.8, 4) is 5.75 Å². The van der Waals surface area contributed by atoms with E-state index in [4.69, 9.17) is 10.5 Å². The van der Waals surface area contributed by atoms with Crippen molar-refractivity contribution in [3.05, 3.63) is 18.3 Å². The Hall–Kier alpha value is -1.29. The minimum Gasteiger partial charge on any atom is -0.490 e. The van der Waals surface area contributed by atoms with Gasteiger partial charge in [0, 0.05) is 25.3 Å². The lowest BCUT2D eigenvalue weighted by atomic mass is 10.1. The van der Waals surface area contributed by atoms with Crippen LogP contribution < -0.4 is 15.4 Å². The predicted molar refractivity (Wildman–Crippen MR) is 76.2 cm³/mol. The van der Waals surface area contributed by atoms with Gasteiger partial charge in [0.05, 0.1) is 6.61 Å².